The van der Waals surface area contributed by atoms with E-state index in [1.165, 1.54) is 0 Å². The third-order valence-corrected chi connectivity index (χ3v) is 4.40. The summed E-state index contributed by atoms with van der Waals surface area (Å²) in [6, 6.07) is 14.4. The number of amides is 3. The number of benzene rings is 2. The molecule has 0 aliphatic heterocycles. The monoisotopic (exact) mass is 392 g/mol. The van der Waals surface area contributed by atoms with Crippen molar-refractivity contribution in [1.29, 1.82) is 0 Å². The summed E-state index contributed by atoms with van der Waals surface area (Å²) in [7, 11) is 0. The summed E-state index contributed by atoms with van der Waals surface area (Å²) in [5.74, 6) is -1.87. The summed E-state index contributed by atoms with van der Waals surface area (Å²) in [6.07, 6.45) is 2.50. The highest BCUT2D eigenvalue weighted by atomic mass is 16.2. The summed E-state index contributed by atoms with van der Waals surface area (Å²) in [6.45, 7) is 4.02. The number of rotatable bonds is 6. The van der Waals surface area contributed by atoms with Gasteiger partial charge in [0.2, 0.25) is 0 Å². The topological polar surface area (TPSA) is 103 Å². The molecule has 1 aromatic heterocycles. The lowest BCUT2D eigenvalue weighted by Crippen LogP contribution is -2.37. The molecule has 0 saturated heterocycles. The Bertz CT molecular complexity index is 1040. The van der Waals surface area contributed by atoms with Crippen molar-refractivity contribution in [3.63, 3.8) is 0 Å². The highest BCUT2D eigenvalue weighted by Gasteiger charge is 2.18. The molecule has 0 aliphatic rings. The van der Waals surface area contributed by atoms with Gasteiger partial charge in [-0.25, -0.2) is 0 Å². The molecule has 29 heavy (non-hydrogen) atoms. The van der Waals surface area contributed by atoms with Gasteiger partial charge in [0.05, 0.1) is 11.3 Å². The molecule has 0 radical (unpaired) electrons. The normalized spacial score (nSPS) is 10.7. The minimum atomic E-state index is -0.811. The zero-order valence-corrected chi connectivity index (χ0v) is 16.4. The number of H-pyrrole nitrogens is 1. The molecule has 3 amide bonds. The average molecular weight is 392 g/mol. The lowest BCUT2D eigenvalue weighted by Gasteiger charge is -2.13. The van der Waals surface area contributed by atoms with Crippen molar-refractivity contribution < 1.29 is 14.4 Å². The maximum atomic E-state index is 12.3. The van der Waals surface area contributed by atoms with Crippen molar-refractivity contribution in [2.45, 2.75) is 26.3 Å². The average Bonchev–Trinajstić information content (AvgIpc) is 3.11. The highest BCUT2D eigenvalue weighted by molar-refractivity contribution is 6.40. The molecule has 0 saturated carbocycles. The molecule has 2 aromatic carbocycles. The van der Waals surface area contributed by atoms with Crippen molar-refractivity contribution in [1.82, 2.24) is 15.6 Å². The molecule has 0 fully saturated rings. The van der Waals surface area contributed by atoms with Crippen LogP contribution in [-0.2, 0) is 16.0 Å². The van der Waals surface area contributed by atoms with Crippen LogP contribution in [0.1, 0.15) is 29.8 Å². The Kier molecular flexibility index (Phi) is 6.29. The van der Waals surface area contributed by atoms with Crippen LogP contribution < -0.4 is 16.0 Å². The Morgan fingerprint density at radius 3 is 2.48 bits per heavy atom. The van der Waals surface area contributed by atoms with Crippen LogP contribution in [0.4, 0.5) is 5.69 Å². The van der Waals surface area contributed by atoms with E-state index in [1.54, 1.807) is 24.3 Å². The van der Waals surface area contributed by atoms with E-state index in [4.69, 9.17) is 0 Å². The van der Waals surface area contributed by atoms with E-state index in [1.807, 2.05) is 44.3 Å². The molecule has 7 heteroatoms. The van der Waals surface area contributed by atoms with Gasteiger partial charge in [0, 0.05) is 29.7 Å². The molecular weight excluding hydrogens is 368 g/mol. The summed E-state index contributed by atoms with van der Waals surface area (Å²) < 4.78 is 0. The van der Waals surface area contributed by atoms with Gasteiger partial charge in [-0.05, 0) is 44.0 Å². The van der Waals surface area contributed by atoms with Gasteiger partial charge >= 0.3 is 11.8 Å². The largest absolute Gasteiger partial charge is 0.361 e. The van der Waals surface area contributed by atoms with E-state index >= 15 is 0 Å². The number of aromatic amines is 1. The van der Waals surface area contributed by atoms with E-state index < -0.39 is 11.8 Å². The summed E-state index contributed by atoms with van der Waals surface area (Å²) in [5.41, 5.74) is 2.70. The van der Waals surface area contributed by atoms with E-state index in [2.05, 4.69) is 20.9 Å². The smallest absolute Gasteiger partial charge is 0.313 e. The predicted octanol–water partition coefficient (Wildman–Crippen LogP) is 2.60. The van der Waals surface area contributed by atoms with Crippen LogP contribution in [0.25, 0.3) is 10.9 Å². The maximum Gasteiger partial charge on any atom is 0.313 e. The maximum absolute atomic E-state index is 12.3. The molecule has 0 aliphatic carbocycles. The standard InChI is InChI=1S/C22H24N4O3/c1-14(2)25-20(27)17-8-4-6-10-19(17)26-22(29)21(28)23-12-11-15-13-24-18-9-5-3-7-16(15)18/h3-10,13-14,24H,11-12H2,1-2H3,(H,23,28)(H,25,27)(H,26,29). The first-order valence-electron chi connectivity index (χ1n) is 9.49. The van der Waals surface area contributed by atoms with Gasteiger partial charge in [0.25, 0.3) is 5.91 Å². The fourth-order valence-electron chi connectivity index (χ4n) is 3.04. The van der Waals surface area contributed by atoms with Crippen LogP contribution in [0.15, 0.2) is 54.7 Å². The fraction of sp³-hybridized carbons (Fsp3) is 0.227. The Balaban J connectivity index is 1.57. The van der Waals surface area contributed by atoms with Crippen molar-refractivity contribution in [3.05, 3.63) is 65.9 Å². The van der Waals surface area contributed by atoms with Gasteiger partial charge in [-0.3, -0.25) is 14.4 Å². The molecule has 1 heterocycles. The van der Waals surface area contributed by atoms with Gasteiger partial charge < -0.3 is 20.9 Å². The summed E-state index contributed by atoms with van der Waals surface area (Å²) in [4.78, 5) is 39.9. The van der Waals surface area contributed by atoms with Crippen molar-refractivity contribution in [2.24, 2.45) is 0 Å². The number of hydrogen-bond acceptors (Lipinski definition) is 3. The third-order valence-electron chi connectivity index (χ3n) is 4.40. The molecule has 3 aromatic rings. The Morgan fingerprint density at radius 1 is 0.966 bits per heavy atom. The molecule has 0 spiro atoms. The van der Waals surface area contributed by atoms with Crippen molar-refractivity contribution >= 4 is 34.3 Å². The number of carbonyl (C=O) groups excluding carboxylic acids is 3. The Morgan fingerprint density at radius 2 is 1.69 bits per heavy atom. The lowest BCUT2D eigenvalue weighted by atomic mass is 10.1. The number of anilines is 1. The van der Waals surface area contributed by atoms with Crippen molar-refractivity contribution in [3.8, 4) is 0 Å². The Hall–Kier alpha value is -3.61. The van der Waals surface area contributed by atoms with Gasteiger partial charge in [-0.1, -0.05) is 30.3 Å². The van der Waals surface area contributed by atoms with Crippen LogP contribution in [0.2, 0.25) is 0 Å². The lowest BCUT2D eigenvalue weighted by molar-refractivity contribution is -0.136. The van der Waals surface area contributed by atoms with E-state index in [-0.39, 0.29) is 11.9 Å². The van der Waals surface area contributed by atoms with Gasteiger partial charge in [-0.2, -0.15) is 0 Å². The van der Waals surface area contributed by atoms with Crippen LogP contribution in [0, 0.1) is 0 Å². The van der Waals surface area contributed by atoms with Crippen LogP contribution in [-0.4, -0.2) is 35.3 Å². The molecule has 4 N–H and O–H groups in total. The summed E-state index contributed by atoms with van der Waals surface area (Å²) >= 11 is 0. The Labute approximate surface area is 168 Å². The van der Waals surface area contributed by atoms with E-state index in [0.29, 0.717) is 24.2 Å². The second-order valence-corrected chi connectivity index (χ2v) is 6.99. The molecule has 150 valence electrons. The minimum Gasteiger partial charge on any atom is -0.361 e. The van der Waals surface area contributed by atoms with E-state index in [0.717, 1.165) is 16.5 Å². The fourth-order valence-corrected chi connectivity index (χ4v) is 3.04. The van der Waals surface area contributed by atoms with Crippen molar-refractivity contribution in [2.75, 3.05) is 11.9 Å². The van der Waals surface area contributed by atoms with Crippen LogP contribution >= 0.6 is 0 Å². The molecule has 3 rings (SSSR count). The van der Waals surface area contributed by atoms with Gasteiger partial charge in [0.15, 0.2) is 0 Å². The first-order valence-corrected chi connectivity index (χ1v) is 9.49. The highest BCUT2D eigenvalue weighted by Crippen LogP contribution is 2.18. The van der Waals surface area contributed by atoms with Gasteiger partial charge in [-0.15, -0.1) is 0 Å². The first-order chi connectivity index (χ1) is 14.0. The molecule has 0 unspecified atom stereocenters. The summed E-state index contributed by atoms with van der Waals surface area (Å²) in [5, 5.41) is 9.01. The second kappa shape index (κ2) is 9.05. The number of nitrogens with one attached hydrogen (secondary N) is 4. The van der Waals surface area contributed by atoms with Crippen LogP contribution in [0.3, 0.4) is 0 Å². The minimum absolute atomic E-state index is 0.0425. The van der Waals surface area contributed by atoms with Crippen LogP contribution in [0.5, 0.6) is 0 Å². The number of hydrogen-bond donors (Lipinski definition) is 4. The third kappa shape index (κ3) is 5.01. The van der Waals surface area contributed by atoms with E-state index in [9.17, 15) is 14.4 Å². The number of fused-ring (bicyclic) bond motifs is 1. The van der Waals surface area contributed by atoms with Gasteiger partial charge in [0.1, 0.15) is 0 Å². The number of para-hydroxylation sites is 2. The number of aromatic nitrogens is 1. The molecular formula is C22H24N4O3. The first kappa shape index (κ1) is 20.1. The molecule has 0 atom stereocenters. The second-order valence-electron chi connectivity index (χ2n) is 6.99. The molecule has 0 bridgehead atoms. The predicted molar refractivity (Wildman–Crippen MR) is 113 cm³/mol. The number of carbonyl (C=O) groups is 3. The zero-order chi connectivity index (χ0) is 20.8. The molecule has 7 nitrogen and oxygen atoms in total. The zero-order valence-electron chi connectivity index (χ0n) is 16.4. The quantitative estimate of drug-likeness (QED) is 0.485. The SMILES string of the molecule is CC(C)NC(=O)c1ccccc1NC(=O)C(=O)NCCc1c[nH]c2ccccc12.